The maximum atomic E-state index is 12.0. The van der Waals surface area contributed by atoms with E-state index in [2.05, 4.69) is 9.38 Å². The summed E-state index contributed by atoms with van der Waals surface area (Å²) in [6, 6.07) is 3.68. The minimum absolute atomic E-state index is 0.347. The first-order chi connectivity index (χ1) is 7.98. The van der Waals surface area contributed by atoms with E-state index in [1.54, 1.807) is 6.20 Å². The highest BCUT2D eigenvalue weighted by Gasteiger charge is 2.29. The summed E-state index contributed by atoms with van der Waals surface area (Å²) in [6.07, 6.45) is 2.36. The van der Waals surface area contributed by atoms with E-state index in [9.17, 15) is 4.55 Å². The second-order valence-electron chi connectivity index (χ2n) is 4.85. The molecule has 0 aromatic carbocycles. The molecule has 1 aromatic rings. The van der Waals surface area contributed by atoms with Crippen LogP contribution in [0.3, 0.4) is 0 Å². The van der Waals surface area contributed by atoms with Crippen LogP contribution >= 0.6 is 0 Å². The molecule has 0 spiro atoms. The highest BCUT2D eigenvalue weighted by Crippen LogP contribution is 2.25. The molecule has 2 heterocycles. The van der Waals surface area contributed by atoms with Gasteiger partial charge >= 0.3 is 0 Å². The molecule has 1 aliphatic rings. The predicted octanol–water partition coefficient (Wildman–Crippen LogP) is 2.12. The lowest BCUT2D eigenvalue weighted by atomic mass is 10.1. The van der Waals surface area contributed by atoms with Crippen molar-refractivity contribution in [3.05, 3.63) is 24.0 Å². The molecule has 2 rings (SSSR count). The predicted molar refractivity (Wildman–Crippen MR) is 68.8 cm³/mol. The zero-order valence-corrected chi connectivity index (χ0v) is 11.1. The molecule has 0 aliphatic carbocycles. The number of fused-ring (bicyclic) bond motifs is 1. The van der Waals surface area contributed by atoms with Gasteiger partial charge in [0.2, 0.25) is 0 Å². The minimum Gasteiger partial charge on any atom is -0.591 e. The van der Waals surface area contributed by atoms with Gasteiger partial charge in [-0.1, -0.05) is 4.40 Å². The van der Waals surface area contributed by atoms with Crippen LogP contribution in [-0.2, 0) is 11.4 Å². The molecule has 1 aliphatic heterocycles. The van der Waals surface area contributed by atoms with Crippen molar-refractivity contribution in [1.82, 2.24) is 4.98 Å². The van der Waals surface area contributed by atoms with Crippen LogP contribution in [0.1, 0.15) is 32.9 Å². The summed E-state index contributed by atoms with van der Waals surface area (Å²) in [6.45, 7) is 6.29. The van der Waals surface area contributed by atoms with Crippen molar-refractivity contribution in [1.29, 1.82) is 0 Å². The van der Waals surface area contributed by atoms with Gasteiger partial charge in [-0.25, -0.2) is 0 Å². The molecule has 4 nitrogen and oxygen atoms in total. The first-order valence-corrected chi connectivity index (χ1v) is 6.67. The molecule has 0 fully saturated rings. The Morgan fingerprint density at radius 3 is 2.94 bits per heavy atom. The van der Waals surface area contributed by atoms with Crippen LogP contribution < -0.4 is 4.74 Å². The van der Waals surface area contributed by atoms with E-state index >= 15 is 0 Å². The smallest absolute Gasteiger partial charge is 0.147 e. The van der Waals surface area contributed by atoms with Gasteiger partial charge < -0.3 is 9.29 Å². The molecule has 0 radical (unpaired) electrons. The topological polar surface area (TPSA) is 57.5 Å². The lowest BCUT2D eigenvalue weighted by molar-refractivity contribution is 0.318. The summed E-state index contributed by atoms with van der Waals surface area (Å²) in [5.74, 6) is 0.725. The number of nitrogens with zero attached hydrogens (tertiary/aromatic N) is 2. The average Bonchev–Trinajstić information content (AvgIpc) is 2.28. The Morgan fingerprint density at radius 1 is 1.47 bits per heavy atom. The highest BCUT2D eigenvalue weighted by atomic mass is 32.2. The molecule has 0 saturated heterocycles. The van der Waals surface area contributed by atoms with Gasteiger partial charge in [0.1, 0.15) is 33.3 Å². The third-order valence-corrected chi connectivity index (χ3v) is 3.79. The molecule has 92 valence electrons. The molecule has 0 saturated carbocycles. The van der Waals surface area contributed by atoms with Gasteiger partial charge in [-0.05, 0) is 32.9 Å². The molecular formula is C12H16N2O2S. The molecule has 0 unspecified atom stereocenters. The molecule has 0 N–H and O–H groups in total. The van der Waals surface area contributed by atoms with E-state index in [1.807, 2.05) is 32.9 Å². The van der Waals surface area contributed by atoms with Crippen molar-refractivity contribution < 1.29 is 9.29 Å². The second kappa shape index (κ2) is 4.66. The Hall–Kier alpha value is -1.07. The lowest BCUT2D eigenvalue weighted by Gasteiger charge is -2.21. The summed E-state index contributed by atoms with van der Waals surface area (Å²) >= 11 is -1.25. The van der Waals surface area contributed by atoms with Crippen LogP contribution in [0.2, 0.25) is 0 Å². The maximum Gasteiger partial charge on any atom is 0.147 e. The lowest BCUT2D eigenvalue weighted by Crippen LogP contribution is -2.28. The van der Waals surface area contributed by atoms with E-state index in [-0.39, 0.29) is 4.75 Å². The Morgan fingerprint density at radius 2 is 2.24 bits per heavy atom. The van der Waals surface area contributed by atoms with Crippen LogP contribution in [0.15, 0.2) is 22.7 Å². The Labute approximate surface area is 104 Å². The summed E-state index contributed by atoms with van der Waals surface area (Å²) in [5.41, 5.74) is 1.50. The van der Waals surface area contributed by atoms with E-state index in [0.29, 0.717) is 13.0 Å². The SMILES string of the molecule is CC(C)(C)[S@+]([O-])/N=C1\CCOc2cccnc21. The number of ether oxygens (including phenoxy) is 1. The second-order valence-corrected chi connectivity index (χ2v) is 6.75. The molecule has 0 amide bonds. The van der Waals surface area contributed by atoms with Gasteiger partial charge in [0.05, 0.1) is 6.61 Å². The fourth-order valence-corrected chi connectivity index (χ4v) is 2.08. The summed E-state index contributed by atoms with van der Waals surface area (Å²) in [5, 5.41) is 0. The molecule has 5 heteroatoms. The zero-order chi connectivity index (χ0) is 12.5. The molecule has 1 aromatic heterocycles. The first-order valence-electron chi connectivity index (χ1n) is 5.56. The highest BCUT2D eigenvalue weighted by molar-refractivity contribution is 7.91. The van der Waals surface area contributed by atoms with Crippen molar-refractivity contribution in [3.63, 3.8) is 0 Å². The van der Waals surface area contributed by atoms with Crippen LogP contribution in [-0.4, -0.2) is 26.6 Å². The molecule has 1 atom stereocenters. The average molecular weight is 252 g/mol. The number of aromatic nitrogens is 1. The monoisotopic (exact) mass is 252 g/mol. The summed E-state index contributed by atoms with van der Waals surface area (Å²) < 4.78 is 21.4. The van der Waals surface area contributed by atoms with Crippen LogP contribution in [0, 0.1) is 0 Å². The van der Waals surface area contributed by atoms with Gasteiger partial charge in [-0.2, -0.15) is 0 Å². The third kappa shape index (κ3) is 2.79. The Balaban J connectivity index is 2.33. The largest absolute Gasteiger partial charge is 0.591 e. The quantitative estimate of drug-likeness (QED) is 0.719. The van der Waals surface area contributed by atoms with E-state index in [4.69, 9.17) is 4.74 Å². The third-order valence-electron chi connectivity index (χ3n) is 2.36. The van der Waals surface area contributed by atoms with Crippen molar-refractivity contribution in [3.8, 4) is 5.75 Å². The maximum absolute atomic E-state index is 12.0. The summed E-state index contributed by atoms with van der Waals surface area (Å²) in [4.78, 5) is 4.25. The fourth-order valence-electron chi connectivity index (χ4n) is 1.43. The molecular weight excluding hydrogens is 236 g/mol. The van der Waals surface area contributed by atoms with Gasteiger partial charge in [0.15, 0.2) is 0 Å². The van der Waals surface area contributed by atoms with Crippen molar-refractivity contribution in [2.45, 2.75) is 31.9 Å². The van der Waals surface area contributed by atoms with Crippen LogP contribution in [0.5, 0.6) is 5.75 Å². The Bertz CT molecular complexity index is 440. The Kier molecular flexibility index (Phi) is 3.40. The normalized spacial score (nSPS) is 19.6. The summed E-state index contributed by atoms with van der Waals surface area (Å²) in [7, 11) is 0. The first kappa shape index (κ1) is 12.4. The van der Waals surface area contributed by atoms with Gasteiger partial charge in [0.25, 0.3) is 0 Å². The van der Waals surface area contributed by atoms with Crippen LogP contribution in [0.4, 0.5) is 0 Å². The number of pyridine rings is 1. The van der Waals surface area contributed by atoms with Crippen molar-refractivity contribution in [2.75, 3.05) is 6.61 Å². The number of rotatable bonds is 1. The number of hydrogen-bond acceptors (Lipinski definition) is 4. The van der Waals surface area contributed by atoms with Crippen molar-refractivity contribution >= 4 is 17.1 Å². The van der Waals surface area contributed by atoms with E-state index in [1.165, 1.54) is 0 Å². The molecule has 17 heavy (non-hydrogen) atoms. The number of hydrogen-bond donors (Lipinski definition) is 0. The van der Waals surface area contributed by atoms with E-state index in [0.717, 1.165) is 17.2 Å². The molecule has 0 bridgehead atoms. The van der Waals surface area contributed by atoms with Crippen LogP contribution in [0.25, 0.3) is 0 Å². The zero-order valence-electron chi connectivity index (χ0n) is 10.3. The van der Waals surface area contributed by atoms with Gasteiger partial charge in [0, 0.05) is 12.6 Å². The minimum atomic E-state index is -1.25. The van der Waals surface area contributed by atoms with E-state index < -0.39 is 11.4 Å². The van der Waals surface area contributed by atoms with Crippen molar-refractivity contribution in [2.24, 2.45) is 4.40 Å². The van der Waals surface area contributed by atoms with Gasteiger partial charge in [-0.15, -0.1) is 0 Å². The standard InChI is InChI=1S/C12H16N2O2S/c1-12(2,3)17(15)14-9-6-8-16-10-5-4-7-13-11(9)10/h4-5,7H,6,8H2,1-3H3/b14-9+/t17-/m0/s1. The fraction of sp³-hybridized carbons (Fsp3) is 0.500. The van der Waals surface area contributed by atoms with Gasteiger partial charge in [-0.3, -0.25) is 4.98 Å².